The third kappa shape index (κ3) is 1.97. The van der Waals surface area contributed by atoms with Crippen molar-refractivity contribution < 1.29 is 14.3 Å². The average molecular weight is 303 g/mol. The Kier molecular flexibility index (Phi) is 2.68. The fourth-order valence-electron chi connectivity index (χ4n) is 2.52. The van der Waals surface area contributed by atoms with Crippen LogP contribution >= 0.6 is 11.6 Å². The van der Waals surface area contributed by atoms with Gasteiger partial charge in [0.15, 0.2) is 11.5 Å². The molecule has 5 nitrogen and oxygen atoms in total. The lowest BCUT2D eigenvalue weighted by atomic mass is 10.1. The number of halogens is 1. The molecule has 2 heterocycles. The van der Waals surface area contributed by atoms with Crippen LogP contribution in [0, 0.1) is 0 Å². The number of nitrogens with one attached hydrogen (secondary N) is 2. The van der Waals surface area contributed by atoms with Crippen molar-refractivity contribution >= 4 is 23.2 Å². The Morgan fingerprint density at radius 1 is 1.10 bits per heavy atom. The van der Waals surface area contributed by atoms with Gasteiger partial charge in [-0.25, -0.2) is 0 Å². The number of amides is 1. The lowest BCUT2D eigenvalue weighted by Gasteiger charge is -2.28. The van der Waals surface area contributed by atoms with Crippen LogP contribution in [0.2, 0.25) is 5.02 Å². The molecule has 0 bridgehead atoms. The Bertz CT molecular complexity index is 748. The van der Waals surface area contributed by atoms with Crippen LogP contribution < -0.4 is 20.1 Å². The molecule has 0 radical (unpaired) electrons. The Hall–Kier alpha value is -2.40. The van der Waals surface area contributed by atoms with Gasteiger partial charge in [-0.05, 0) is 18.2 Å². The van der Waals surface area contributed by atoms with Gasteiger partial charge in [0.2, 0.25) is 6.79 Å². The molecule has 4 rings (SSSR count). The molecule has 2 N–H and O–H groups in total. The van der Waals surface area contributed by atoms with E-state index in [-0.39, 0.29) is 12.7 Å². The maximum Gasteiger partial charge on any atom is 0.255 e. The zero-order valence-corrected chi connectivity index (χ0v) is 11.6. The molecule has 0 saturated carbocycles. The highest BCUT2D eigenvalue weighted by molar-refractivity contribution is 6.31. The molecular weight excluding hydrogens is 292 g/mol. The van der Waals surface area contributed by atoms with E-state index in [2.05, 4.69) is 10.6 Å². The first kappa shape index (κ1) is 12.3. The largest absolute Gasteiger partial charge is 0.454 e. The summed E-state index contributed by atoms with van der Waals surface area (Å²) in [6.45, 7) is 0.183. The van der Waals surface area contributed by atoms with Gasteiger partial charge in [-0.1, -0.05) is 23.7 Å². The molecular formula is C15H11ClN2O3. The van der Waals surface area contributed by atoms with Crippen molar-refractivity contribution in [3.63, 3.8) is 0 Å². The number of rotatable bonds is 1. The van der Waals surface area contributed by atoms with Crippen molar-refractivity contribution in [2.75, 3.05) is 12.1 Å². The van der Waals surface area contributed by atoms with E-state index in [1.807, 2.05) is 18.2 Å². The van der Waals surface area contributed by atoms with Gasteiger partial charge in [-0.2, -0.15) is 0 Å². The van der Waals surface area contributed by atoms with Crippen LogP contribution in [-0.2, 0) is 0 Å². The summed E-state index contributed by atoms with van der Waals surface area (Å²) >= 11 is 6.29. The number of carbonyl (C=O) groups is 1. The molecule has 6 heteroatoms. The Labute approximate surface area is 125 Å². The second kappa shape index (κ2) is 4.56. The van der Waals surface area contributed by atoms with Crippen molar-refractivity contribution in [2.45, 2.75) is 6.17 Å². The monoisotopic (exact) mass is 302 g/mol. The van der Waals surface area contributed by atoms with E-state index in [1.54, 1.807) is 18.2 Å². The van der Waals surface area contributed by atoms with Gasteiger partial charge < -0.3 is 20.1 Å². The summed E-state index contributed by atoms with van der Waals surface area (Å²) in [7, 11) is 0. The molecule has 2 aliphatic rings. The number of ether oxygens (including phenoxy) is 2. The summed E-state index contributed by atoms with van der Waals surface area (Å²) < 4.78 is 10.6. The van der Waals surface area contributed by atoms with Crippen LogP contribution in [0.4, 0.5) is 5.69 Å². The van der Waals surface area contributed by atoms with Crippen molar-refractivity contribution in [1.82, 2.24) is 5.32 Å². The number of para-hydroxylation sites is 1. The van der Waals surface area contributed by atoms with Crippen LogP contribution in [0.15, 0.2) is 36.4 Å². The van der Waals surface area contributed by atoms with E-state index in [0.717, 1.165) is 11.3 Å². The van der Waals surface area contributed by atoms with E-state index in [1.165, 1.54) is 0 Å². The van der Waals surface area contributed by atoms with Crippen molar-refractivity contribution in [3.8, 4) is 11.5 Å². The van der Waals surface area contributed by atoms with Crippen molar-refractivity contribution in [3.05, 3.63) is 52.5 Å². The molecule has 21 heavy (non-hydrogen) atoms. The first-order valence-corrected chi connectivity index (χ1v) is 6.85. The van der Waals surface area contributed by atoms with Crippen LogP contribution in [0.3, 0.4) is 0 Å². The second-order valence-corrected chi connectivity index (χ2v) is 5.23. The fourth-order valence-corrected chi connectivity index (χ4v) is 2.78. The smallest absolute Gasteiger partial charge is 0.255 e. The summed E-state index contributed by atoms with van der Waals surface area (Å²) in [5.74, 6) is 1.11. The molecule has 0 fully saturated rings. The number of fused-ring (bicyclic) bond motifs is 2. The van der Waals surface area contributed by atoms with E-state index in [0.29, 0.717) is 22.1 Å². The van der Waals surface area contributed by atoms with Gasteiger partial charge >= 0.3 is 0 Å². The molecule has 0 aliphatic carbocycles. The quantitative estimate of drug-likeness (QED) is 0.850. The molecule has 106 valence electrons. The van der Waals surface area contributed by atoms with Crippen LogP contribution in [0.5, 0.6) is 11.5 Å². The third-order valence-electron chi connectivity index (χ3n) is 3.55. The highest BCUT2D eigenvalue weighted by Crippen LogP contribution is 2.40. The first-order valence-electron chi connectivity index (χ1n) is 6.48. The minimum absolute atomic E-state index is 0.136. The van der Waals surface area contributed by atoms with Crippen molar-refractivity contribution in [2.24, 2.45) is 0 Å². The maximum absolute atomic E-state index is 12.2. The molecule has 0 aromatic heterocycles. The molecule has 2 aromatic carbocycles. The average Bonchev–Trinajstić information content (AvgIpc) is 2.93. The van der Waals surface area contributed by atoms with Gasteiger partial charge in [0.1, 0.15) is 6.17 Å². The molecule has 0 spiro atoms. The Morgan fingerprint density at radius 3 is 2.71 bits per heavy atom. The topological polar surface area (TPSA) is 59.6 Å². The van der Waals surface area contributed by atoms with Gasteiger partial charge in [-0.3, -0.25) is 4.79 Å². The third-order valence-corrected chi connectivity index (χ3v) is 3.88. The highest BCUT2D eigenvalue weighted by Gasteiger charge is 2.27. The summed E-state index contributed by atoms with van der Waals surface area (Å²) in [5.41, 5.74) is 2.13. The SMILES string of the molecule is O=C1N[C@H](c2cc3c(cc2Cl)OCO3)Nc2ccccc21. The van der Waals surface area contributed by atoms with Gasteiger partial charge in [0.25, 0.3) is 5.91 Å². The van der Waals surface area contributed by atoms with Crippen LogP contribution in [0.25, 0.3) is 0 Å². The van der Waals surface area contributed by atoms with Crippen LogP contribution in [0.1, 0.15) is 22.1 Å². The Balaban J connectivity index is 1.74. The Morgan fingerprint density at radius 2 is 1.86 bits per heavy atom. The molecule has 0 saturated heterocycles. The summed E-state index contributed by atoms with van der Waals surface area (Å²) in [4.78, 5) is 12.2. The van der Waals surface area contributed by atoms with E-state index in [4.69, 9.17) is 21.1 Å². The molecule has 0 unspecified atom stereocenters. The zero-order chi connectivity index (χ0) is 14.4. The number of carbonyl (C=O) groups excluding carboxylic acids is 1. The summed E-state index contributed by atoms with van der Waals surface area (Å²) in [6, 6.07) is 10.8. The summed E-state index contributed by atoms with van der Waals surface area (Å²) in [5, 5.41) is 6.66. The molecule has 1 amide bonds. The number of hydrogen-bond donors (Lipinski definition) is 2. The van der Waals surface area contributed by atoms with Crippen molar-refractivity contribution in [1.29, 1.82) is 0 Å². The highest BCUT2D eigenvalue weighted by atomic mass is 35.5. The van der Waals surface area contributed by atoms with Gasteiger partial charge in [0, 0.05) is 17.3 Å². The predicted molar refractivity (Wildman–Crippen MR) is 77.8 cm³/mol. The first-order chi connectivity index (χ1) is 10.2. The lowest BCUT2D eigenvalue weighted by molar-refractivity contribution is 0.0935. The molecule has 1 atom stereocenters. The number of anilines is 1. The predicted octanol–water partition coefficient (Wildman–Crippen LogP) is 2.92. The van der Waals surface area contributed by atoms with E-state index in [9.17, 15) is 4.79 Å². The maximum atomic E-state index is 12.2. The van der Waals surface area contributed by atoms with Gasteiger partial charge in [0.05, 0.1) is 10.6 Å². The fraction of sp³-hybridized carbons (Fsp3) is 0.133. The zero-order valence-electron chi connectivity index (χ0n) is 10.9. The van der Waals surface area contributed by atoms with Gasteiger partial charge in [-0.15, -0.1) is 0 Å². The normalized spacial score (nSPS) is 18.7. The molecule has 2 aromatic rings. The standard InChI is InChI=1S/C15H11ClN2O3/c16-10-6-13-12(20-7-21-13)5-9(10)14-17-11-4-2-1-3-8(11)15(19)18-14/h1-6,14,17H,7H2,(H,18,19)/t14-/m1/s1. The minimum atomic E-state index is -0.408. The number of hydrogen-bond acceptors (Lipinski definition) is 4. The van der Waals surface area contributed by atoms with E-state index >= 15 is 0 Å². The van der Waals surface area contributed by atoms with E-state index < -0.39 is 6.17 Å². The molecule has 2 aliphatic heterocycles. The number of benzene rings is 2. The second-order valence-electron chi connectivity index (χ2n) is 4.82. The lowest BCUT2D eigenvalue weighted by Crippen LogP contribution is -2.38. The minimum Gasteiger partial charge on any atom is -0.454 e. The summed E-state index contributed by atoms with van der Waals surface area (Å²) in [6.07, 6.45) is -0.408. The van der Waals surface area contributed by atoms with Crippen LogP contribution in [-0.4, -0.2) is 12.7 Å².